The minimum atomic E-state index is -0.281. The number of hydrogen-bond donors (Lipinski definition) is 2. The van der Waals surface area contributed by atoms with Gasteiger partial charge < -0.3 is 24.8 Å². The number of methoxy groups -OCH3 is 3. The number of amides is 2. The van der Waals surface area contributed by atoms with Gasteiger partial charge in [0.15, 0.2) is 11.5 Å². The van der Waals surface area contributed by atoms with Gasteiger partial charge in [-0.05, 0) is 25.0 Å². The highest BCUT2D eigenvalue weighted by molar-refractivity contribution is 5.94. The quantitative estimate of drug-likeness (QED) is 0.689. The van der Waals surface area contributed by atoms with Gasteiger partial charge in [-0.3, -0.25) is 9.59 Å². The minimum Gasteiger partial charge on any atom is -0.493 e. The number of rotatable bonds is 8. The SMILES string of the molecule is COc1ccc(C(=O)N[C@@H]2CCC[C@@H]2C(=O)NCc2cccc(OC)c2OC)cn1. The normalized spacial score (nSPS) is 17.8. The summed E-state index contributed by atoms with van der Waals surface area (Å²) in [5.41, 5.74) is 1.26. The molecule has 1 aromatic carbocycles. The van der Waals surface area contributed by atoms with Crippen molar-refractivity contribution in [1.82, 2.24) is 15.6 Å². The Morgan fingerprint density at radius 1 is 1.07 bits per heavy atom. The van der Waals surface area contributed by atoms with E-state index in [0.29, 0.717) is 29.5 Å². The maximum Gasteiger partial charge on any atom is 0.253 e. The Kier molecular flexibility index (Phi) is 7.11. The van der Waals surface area contributed by atoms with Crippen molar-refractivity contribution in [3.8, 4) is 17.4 Å². The van der Waals surface area contributed by atoms with Crippen LogP contribution in [0.5, 0.6) is 17.4 Å². The molecule has 160 valence electrons. The molecule has 0 radical (unpaired) electrons. The molecule has 1 saturated carbocycles. The fourth-order valence-electron chi connectivity index (χ4n) is 3.74. The Bertz CT molecular complexity index is 885. The van der Waals surface area contributed by atoms with Crippen molar-refractivity contribution < 1.29 is 23.8 Å². The van der Waals surface area contributed by atoms with E-state index >= 15 is 0 Å². The summed E-state index contributed by atoms with van der Waals surface area (Å²) in [6.07, 6.45) is 3.84. The van der Waals surface area contributed by atoms with Crippen LogP contribution in [0.25, 0.3) is 0 Å². The Balaban J connectivity index is 1.61. The molecule has 2 N–H and O–H groups in total. The lowest BCUT2D eigenvalue weighted by Gasteiger charge is -2.21. The summed E-state index contributed by atoms with van der Waals surface area (Å²) < 4.78 is 15.7. The van der Waals surface area contributed by atoms with E-state index in [9.17, 15) is 9.59 Å². The molecule has 0 spiro atoms. The fourth-order valence-corrected chi connectivity index (χ4v) is 3.74. The van der Waals surface area contributed by atoms with Crippen LogP contribution in [-0.2, 0) is 11.3 Å². The molecule has 8 heteroatoms. The molecule has 1 fully saturated rings. The van der Waals surface area contributed by atoms with Crippen LogP contribution in [0, 0.1) is 5.92 Å². The largest absolute Gasteiger partial charge is 0.493 e. The highest BCUT2D eigenvalue weighted by Crippen LogP contribution is 2.31. The lowest BCUT2D eigenvalue weighted by atomic mass is 10.0. The number of carbonyl (C=O) groups is 2. The van der Waals surface area contributed by atoms with Crippen LogP contribution in [0.4, 0.5) is 0 Å². The number of hydrogen-bond acceptors (Lipinski definition) is 6. The van der Waals surface area contributed by atoms with Crippen molar-refractivity contribution in [3.05, 3.63) is 47.7 Å². The van der Waals surface area contributed by atoms with Crippen molar-refractivity contribution in [2.45, 2.75) is 31.8 Å². The molecule has 0 bridgehead atoms. The first-order valence-electron chi connectivity index (χ1n) is 9.85. The zero-order chi connectivity index (χ0) is 21.5. The first-order valence-corrected chi connectivity index (χ1v) is 9.85. The van der Waals surface area contributed by atoms with E-state index in [4.69, 9.17) is 14.2 Å². The molecule has 30 heavy (non-hydrogen) atoms. The van der Waals surface area contributed by atoms with Gasteiger partial charge in [0.25, 0.3) is 5.91 Å². The third-order valence-corrected chi connectivity index (χ3v) is 5.31. The van der Waals surface area contributed by atoms with Gasteiger partial charge in [-0.1, -0.05) is 18.6 Å². The third kappa shape index (κ3) is 4.82. The molecule has 0 aliphatic heterocycles. The number of nitrogens with one attached hydrogen (secondary N) is 2. The summed E-state index contributed by atoms with van der Waals surface area (Å²) in [5.74, 6) is 1.04. The van der Waals surface area contributed by atoms with E-state index in [1.165, 1.54) is 13.3 Å². The lowest BCUT2D eigenvalue weighted by molar-refractivity contribution is -0.125. The van der Waals surface area contributed by atoms with Gasteiger partial charge in [-0.2, -0.15) is 0 Å². The van der Waals surface area contributed by atoms with Gasteiger partial charge in [0.1, 0.15) is 0 Å². The molecule has 1 heterocycles. The van der Waals surface area contributed by atoms with Gasteiger partial charge >= 0.3 is 0 Å². The van der Waals surface area contributed by atoms with E-state index in [1.807, 2.05) is 12.1 Å². The van der Waals surface area contributed by atoms with E-state index in [0.717, 1.165) is 24.8 Å². The van der Waals surface area contributed by atoms with Crippen LogP contribution < -0.4 is 24.8 Å². The topological polar surface area (TPSA) is 98.8 Å². The van der Waals surface area contributed by atoms with Crippen molar-refractivity contribution in [2.75, 3.05) is 21.3 Å². The Morgan fingerprint density at radius 3 is 2.57 bits per heavy atom. The zero-order valence-corrected chi connectivity index (χ0v) is 17.4. The van der Waals surface area contributed by atoms with Crippen LogP contribution >= 0.6 is 0 Å². The summed E-state index contributed by atoms with van der Waals surface area (Å²) in [7, 11) is 4.66. The smallest absolute Gasteiger partial charge is 0.253 e. The first kappa shape index (κ1) is 21.4. The Labute approximate surface area is 175 Å². The van der Waals surface area contributed by atoms with Crippen molar-refractivity contribution in [2.24, 2.45) is 5.92 Å². The fraction of sp³-hybridized carbons (Fsp3) is 0.409. The van der Waals surface area contributed by atoms with Gasteiger partial charge in [-0.25, -0.2) is 4.98 Å². The maximum atomic E-state index is 12.8. The van der Waals surface area contributed by atoms with Gasteiger partial charge in [0.2, 0.25) is 11.8 Å². The molecule has 1 aliphatic carbocycles. The monoisotopic (exact) mass is 413 g/mol. The second-order valence-corrected chi connectivity index (χ2v) is 7.08. The van der Waals surface area contributed by atoms with Crippen LogP contribution in [0.15, 0.2) is 36.5 Å². The summed E-state index contributed by atoms with van der Waals surface area (Å²) in [4.78, 5) is 29.4. The van der Waals surface area contributed by atoms with Crippen molar-refractivity contribution in [1.29, 1.82) is 0 Å². The van der Waals surface area contributed by atoms with E-state index < -0.39 is 0 Å². The number of ether oxygens (including phenoxy) is 3. The maximum absolute atomic E-state index is 12.8. The second-order valence-electron chi connectivity index (χ2n) is 7.08. The average molecular weight is 413 g/mol. The number of pyridine rings is 1. The van der Waals surface area contributed by atoms with Gasteiger partial charge in [0, 0.05) is 30.4 Å². The summed E-state index contributed by atoms with van der Waals surface area (Å²) in [6, 6.07) is 8.61. The number of benzene rings is 1. The Morgan fingerprint density at radius 2 is 1.90 bits per heavy atom. The highest BCUT2D eigenvalue weighted by Gasteiger charge is 2.34. The number of aromatic nitrogens is 1. The third-order valence-electron chi connectivity index (χ3n) is 5.31. The van der Waals surface area contributed by atoms with E-state index in [-0.39, 0.29) is 23.8 Å². The van der Waals surface area contributed by atoms with Crippen molar-refractivity contribution >= 4 is 11.8 Å². The molecule has 8 nitrogen and oxygen atoms in total. The molecule has 2 atom stereocenters. The van der Waals surface area contributed by atoms with Crippen LogP contribution in [0.1, 0.15) is 35.2 Å². The number of carbonyl (C=O) groups excluding carboxylic acids is 2. The second kappa shape index (κ2) is 9.96. The molecule has 0 unspecified atom stereocenters. The number of para-hydroxylation sites is 1. The predicted molar refractivity (Wildman–Crippen MR) is 111 cm³/mol. The first-order chi connectivity index (χ1) is 14.6. The lowest BCUT2D eigenvalue weighted by Crippen LogP contribution is -2.43. The Hall–Kier alpha value is -3.29. The average Bonchev–Trinajstić information content (AvgIpc) is 3.25. The molecule has 1 aliphatic rings. The van der Waals surface area contributed by atoms with Gasteiger partial charge in [-0.15, -0.1) is 0 Å². The van der Waals surface area contributed by atoms with Crippen LogP contribution in [0.3, 0.4) is 0 Å². The zero-order valence-electron chi connectivity index (χ0n) is 17.4. The standard InChI is InChI=1S/C22H27N3O5/c1-28-18-9-4-6-14(20(18)30-3)12-24-22(27)16-7-5-8-17(16)25-21(26)15-10-11-19(29-2)23-13-15/h4,6,9-11,13,16-17H,5,7-8,12H2,1-3H3,(H,24,27)(H,25,26)/t16-,17+/m0/s1. The number of nitrogens with zero attached hydrogens (tertiary/aromatic N) is 1. The molecule has 0 saturated heterocycles. The molecule has 3 rings (SSSR count). The molecule has 2 aromatic rings. The molecular formula is C22H27N3O5. The molecule has 2 amide bonds. The molecule has 1 aromatic heterocycles. The highest BCUT2D eigenvalue weighted by atomic mass is 16.5. The van der Waals surface area contributed by atoms with Gasteiger partial charge in [0.05, 0.1) is 32.8 Å². The van der Waals surface area contributed by atoms with E-state index in [1.54, 1.807) is 32.4 Å². The molecular weight excluding hydrogens is 386 g/mol. The summed E-state index contributed by atoms with van der Waals surface area (Å²) in [6.45, 7) is 0.318. The minimum absolute atomic E-state index is 0.0875. The van der Waals surface area contributed by atoms with Crippen molar-refractivity contribution in [3.63, 3.8) is 0 Å². The predicted octanol–water partition coefficient (Wildman–Crippen LogP) is 2.32. The van der Waals surface area contributed by atoms with Crippen LogP contribution in [-0.4, -0.2) is 44.2 Å². The van der Waals surface area contributed by atoms with Crippen LogP contribution in [0.2, 0.25) is 0 Å². The summed E-state index contributed by atoms with van der Waals surface area (Å²) >= 11 is 0. The van der Waals surface area contributed by atoms with E-state index in [2.05, 4.69) is 15.6 Å². The summed E-state index contributed by atoms with van der Waals surface area (Å²) in [5, 5.41) is 5.95.